The van der Waals surface area contributed by atoms with Crippen molar-refractivity contribution >= 4 is 11.8 Å². The molecule has 2 heterocycles. The molecule has 2 amide bonds. The van der Waals surface area contributed by atoms with Crippen molar-refractivity contribution in [3.05, 3.63) is 95.1 Å². The van der Waals surface area contributed by atoms with E-state index in [-0.39, 0.29) is 29.3 Å². The van der Waals surface area contributed by atoms with Crippen LogP contribution in [0.25, 0.3) is 0 Å². The molecular formula is C30H32F3N3O2. The zero-order valence-corrected chi connectivity index (χ0v) is 21.4. The number of rotatable bonds is 6. The number of nitrogens with one attached hydrogen (secondary N) is 1. The monoisotopic (exact) mass is 523 g/mol. The minimum atomic E-state index is -4.34. The molecule has 2 aromatic rings. The fourth-order valence-corrected chi connectivity index (χ4v) is 5.45. The summed E-state index contributed by atoms with van der Waals surface area (Å²) in [6, 6.07) is 15.1. The van der Waals surface area contributed by atoms with E-state index in [1.807, 2.05) is 58.4 Å². The summed E-state index contributed by atoms with van der Waals surface area (Å²) in [5, 5.41) is 3.60. The van der Waals surface area contributed by atoms with E-state index in [4.69, 9.17) is 0 Å². The van der Waals surface area contributed by atoms with Crippen molar-refractivity contribution in [3.8, 4) is 0 Å². The van der Waals surface area contributed by atoms with Gasteiger partial charge in [-0.3, -0.25) is 9.59 Å². The topological polar surface area (TPSA) is 52.7 Å². The van der Waals surface area contributed by atoms with Crippen LogP contribution in [0.2, 0.25) is 0 Å². The standard InChI is InChI=1S/C30H32F3N3O2/c1-29(17-21-7-9-24(10-8-21)30(31,32)33)14-11-23(12-15-29)28(38)36-19-26(20-36)34-25-13-16-35(18-25)27(37)22-5-3-2-4-6-22/h2-12,14,25-26,34H,13,15-20H2,1H3/t25-,29?/m0/s1. The third kappa shape index (κ3) is 5.85. The van der Waals surface area contributed by atoms with Gasteiger partial charge in [0.2, 0.25) is 0 Å². The Morgan fingerprint density at radius 3 is 2.26 bits per heavy atom. The molecule has 38 heavy (non-hydrogen) atoms. The van der Waals surface area contributed by atoms with Gasteiger partial charge in [0, 0.05) is 49.4 Å². The molecule has 8 heteroatoms. The second kappa shape index (κ2) is 10.4. The highest BCUT2D eigenvalue weighted by atomic mass is 19.4. The van der Waals surface area contributed by atoms with E-state index in [1.54, 1.807) is 0 Å². The fraction of sp³-hybridized carbons (Fsp3) is 0.400. The van der Waals surface area contributed by atoms with Gasteiger partial charge in [0.05, 0.1) is 5.56 Å². The molecule has 0 aromatic heterocycles. The summed E-state index contributed by atoms with van der Waals surface area (Å²) in [5.41, 5.74) is 1.30. The van der Waals surface area contributed by atoms with Gasteiger partial charge in [-0.2, -0.15) is 13.2 Å². The lowest BCUT2D eigenvalue weighted by Gasteiger charge is -2.41. The predicted octanol–water partition coefficient (Wildman–Crippen LogP) is 4.86. The molecule has 0 spiro atoms. The zero-order chi connectivity index (χ0) is 26.9. The van der Waals surface area contributed by atoms with Gasteiger partial charge >= 0.3 is 6.18 Å². The molecule has 1 N–H and O–H groups in total. The maximum atomic E-state index is 13.0. The minimum Gasteiger partial charge on any atom is -0.337 e. The number of hydrogen-bond acceptors (Lipinski definition) is 3. The highest BCUT2D eigenvalue weighted by molar-refractivity contribution is 5.97. The van der Waals surface area contributed by atoms with E-state index < -0.39 is 11.7 Å². The van der Waals surface area contributed by atoms with Gasteiger partial charge in [-0.25, -0.2) is 0 Å². The molecule has 0 radical (unpaired) electrons. The zero-order valence-electron chi connectivity index (χ0n) is 21.4. The Kier molecular flexibility index (Phi) is 7.18. The Morgan fingerprint density at radius 2 is 1.63 bits per heavy atom. The van der Waals surface area contributed by atoms with Crippen LogP contribution in [0.15, 0.2) is 78.4 Å². The lowest BCUT2D eigenvalue weighted by Crippen LogP contribution is -2.62. The first-order chi connectivity index (χ1) is 18.1. The lowest BCUT2D eigenvalue weighted by molar-refractivity contribution is -0.137. The van der Waals surface area contributed by atoms with E-state index in [0.717, 1.165) is 30.7 Å². The number of amides is 2. The molecule has 3 aliphatic rings. The van der Waals surface area contributed by atoms with Gasteiger partial charge in [0.1, 0.15) is 0 Å². The predicted molar refractivity (Wildman–Crippen MR) is 139 cm³/mol. The van der Waals surface area contributed by atoms with Gasteiger partial charge in [-0.15, -0.1) is 0 Å². The van der Waals surface area contributed by atoms with Crippen molar-refractivity contribution in [2.45, 2.75) is 44.4 Å². The first-order valence-corrected chi connectivity index (χ1v) is 13.0. The average molecular weight is 524 g/mol. The van der Waals surface area contributed by atoms with Crippen molar-refractivity contribution in [3.63, 3.8) is 0 Å². The number of nitrogens with zero attached hydrogens (tertiary/aromatic N) is 2. The summed E-state index contributed by atoms with van der Waals surface area (Å²) < 4.78 is 38.5. The molecule has 2 atom stereocenters. The summed E-state index contributed by atoms with van der Waals surface area (Å²) in [5.74, 6) is 0.0600. The molecular weight excluding hydrogens is 491 g/mol. The number of carbonyl (C=O) groups is 2. The molecule has 2 saturated heterocycles. The van der Waals surface area contributed by atoms with Crippen LogP contribution >= 0.6 is 0 Å². The minimum absolute atomic E-state index is 0.00295. The smallest absolute Gasteiger partial charge is 0.337 e. The highest BCUT2D eigenvalue weighted by Crippen LogP contribution is 2.35. The van der Waals surface area contributed by atoms with Crippen molar-refractivity contribution in [1.82, 2.24) is 15.1 Å². The normalized spacial score (nSPS) is 23.8. The van der Waals surface area contributed by atoms with Gasteiger partial charge in [0.15, 0.2) is 0 Å². The molecule has 5 rings (SSSR count). The Morgan fingerprint density at radius 1 is 0.947 bits per heavy atom. The second-order valence-corrected chi connectivity index (χ2v) is 10.9. The number of likely N-dealkylation sites (tertiary alicyclic amines) is 2. The van der Waals surface area contributed by atoms with Crippen molar-refractivity contribution < 1.29 is 22.8 Å². The van der Waals surface area contributed by atoms with E-state index in [9.17, 15) is 22.8 Å². The summed E-state index contributed by atoms with van der Waals surface area (Å²) in [4.78, 5) is 29.4. The maximum Gasteiger partial charge on any atom is 0.416 e. The lowest BCUT2D eigenvalue weighted by atomic mass is 9.77. The molecule has 5 nitrogen and oxygen atoms in total. The number of halogens is 3. The Balaban J connectivity index is 1.07. The first-order valence-electron chi connectivity index (χ1n) is 13.0. The number of carbonyl (C=O) groups excluding carboxylic acids is 2. The number of allylic oxidation sites excluding steroid dienone is 2. The fourth-order valence-electron chi connectivity index (χ4n) is 5.45. The van der Waals surface area contributed by atoms with Gasteiger partial charge < -0.3 is 15.1 Å². The number of alkyl halides is 3. The van der Waals surface area contributed by atoms with Gasteiger partial charge in [-0.05, 0) is 54.5 Å². The average Bonchev–Trinajstić information content (AvgIpc) is 3.34. The number of hydrogen-bond donors (Lipinski definition) is 1. The number of benzene rings is 2. The van der Waals surface area contributed by atoms with Gasteiger partial charge in [0.25, 0.3) is 11.8 Å². The molecule has 2 aromatic carbocycles. The van der Waals surface area contributed by atoms with Crippen LogP contribution in [0.4, 0.5) is 13.2 Å². The van der Waals surface area contributed by atoms with E-state index in [1.165, 1.54) is 12.1 Å². The second-order valence-electron chi connectivity index (χ2n) is 10.9. The van der Waals surface area contributed by atoms with Gasteiger partial charge in [-0.1, -0.05) is 55.5 Å². The molecule has 1 unspecified atom stereocenters. The van der Waals surface area contributed by atoms with Crippen molar-refractivity contribution in [2.24, 2.45) is 5.41 Å². The summed E-state index contributed by atoms with van der Waals surface area (Å²) in [6.45, 7) is 4.72. The van der Waals surface area contributed by atoms with E-state index >= 15 is 0 Å². The Labute approximate surface area is 221 Å². The Bertz CT molecular complexity index is 1230. The third-order valence-electron chi connectivity index (χ3n) is 7.73. The van der Waals surface area contributed by atoms with Crippen molar-refractivity contribution in [1.29, 1.82) is 0 Å². The summed E-state index contributed by atoms with van der Waals surface area (Å²) in [6.07, 6.45) is 3.60. The van der Waals surface area contributed by atoms with Crippen LogP contribution in [0.3, 0.4) is 0 Å². The summed E-state index contributed by atoms with van der Waals surface area (Å²) in [7, 11) is 0. The quantitative estimate of drug-likeness (QED) is 0.589. The molecule has 2 aliphatic heterocycles. The largest absolute Gasteiger partial charge is 0.416 e. The molecule has 0 saturated carbocycles. The van der Waals surface area contributed by atoms with Crippen LogP contribution in [0, 0.1) is 5.41 Å². The first kappa shape index (κ1) is 26.2. The SMILES string of the molecule is CC1(Cc2ccc(C(F)(F)F)cc2)C=CC(C(=O)N2CC(N[C@H]3CCN(C(=O)c4ccccc4)C3)C2)=CC1. The maximum absolute atomic E-state index is 13.0. The highest BCUT2D eigenvalue weighted by Gasteiger charge is 2.36. The molecule has 2 fully saturated rings. The van der Waals surface area contributed by atoms with Crippen LogP contribution in [0.5, 0.6) is 0 Å². The van der Waals surface area contributed by atoms with Crippen LogP contribution in [-0.2, 0) is 17.4 Å². The molecule has 200 valence electrons. The van der Waals surface area contributed by atoms with Crippen molar-refractivity contribution in [2.75, 3.05) is 26.2 Å². The Hall–Kier alpha value is -3.39. The van der Waals surface area contributed by atoms with E-state index in [2.05, 4.69) is 12.2 Å². The molecule has 0 bridgehead atoms. The van der Waals surface area contributed by atoms with E-state index in [0.29, 0.717) is 43.6 Å². The summed E-state index contributed by atoms with van der Waals surface area (Å²) >= 11 is 0. The van der Waals surface area contributed by atoms with Crippen LogP contribution < -0.4 is 5.32 Å². The van der Waals surface area contributed by atoms with Crippen LogP contribution in [0.1, 0.15) is 41.3 Å². The molecule has 1 aliphatic carbocycles. The van der Waals surface area contributed by atoms with Crippen LogP contribution in [-0.4, -0.2) is 59.9 Å². The third-order valence-corrected chi connectivity index (χ3v) is 7.73.